The van der Waals surface area contributed by atoms with E-state index in [4.69, 9.17) is 28.9 Å². The fourth-order valence-electron chi connectivity index (χ4n) is 2.79. The summed E-state index contributed by atoms with van der Waals surface area (Å²) in [6.07, 6.45) is 6.02. The third kappa shape index (κ3) is 3.87. The van der Waals surface area contributed by atoms with Crippen molar-refractivity contribution in [2.24, 2.45) is 11.7 Å². The molecule has 1 saturated carbocycles. The molecule has 1 atom stereocenters. The predicted molar refractivity (Wildman–Crippen MR) is 83.3 cm³/mol. The van der Waals surface area contributed by atoms with E-state index >= 15 is 0 Å². The summed E-state index contributed by atoms with van der Waals surface area (Å²) in [5.41, 5.74) is 6.34. The minimum atomic E-state index is -0.135. The zero-order chi connectivity index (χ0) is 14.5. The molecular weight excluding hydrogens is 295 g/mol. The Morgan fingerprint density at radius 2 is 1.95 bits per heavy atom. The summed E-state index contributed by atoms with van der Waals surface area (Å²) < 4.78 is 0. The number of hydrogen-bond acceptors (Lipinski definition) is 2. The summed E-state index contributed by atoms with van der Waals surface area (Å²) in [4.78, 5) is 12.3. The Morgan fingerprint density at radius 3 is 2.55 bits per heavy atom. The van der Waals surface area contributed by atoms with Crippen molar-refractivity contribution < 1.29 is 4.79 Å². The Kier molecular flexibility index (Phi) is 5.70. The molecule has 3 nitrogen and oxygen atoms in total. The summed E-state index contributed by atoms with van der Waals surface area (Å²) in [5, 5.41) is 3.87. The maximum atomic E-state index is 12.3. The van der Waals surface area contributed by atoms with Gasteiger partial charge in [0, 0.05) is 18.2 Å². The van der Waals surface area contributed by atoms with E-state index in [0.717, 1.165) is 12.8 Å². The van der Waals surface area contributed by atoms with Gasteiger partial charge in [-0.3, -0.25) is 4.79 Å². The van der Waals surface area contributed by atoms with Crippen molar-refractivity contribution in [1.82, 2.24) is 5.32 Å². The minimum Gasteiger partial charge on any atom is -0.348 e. The van der Waals surface area contributed by atoms with E-state index in [0.29, 0.717) is 28.1 Å². The van der Waals surface area contributed by atoms with Crippen LogP contribution in [0.2, 0.25) is 10.0 Å². The van der Waals surface area contributed by atoms with Crippen molar-refractivity contribution in [2.75, 3.05) is 6.54 Å². The maximum Gasteiger partial charge on any atom is 0.251 e. The Morgan fingerprint density at radius 1 is 1.25 bits per heavy atom. The van der Waals surface area contributed by atoms with Crippen molar-refractivity contribution in [2.45, 2.75) is 38.1 Å². The Labute approximate surface area is 129 Å². The smallest absolute Gasteiger partial charge is 0.251 e. The molecule has 1 aromatic rings. The summed E-state index contributed by atoms with van der Waals surface area (Å²) in [6, 6.07) is 4.94. The number of carbonyl (C=O) groups excluding carboxylic acids is 1. The molecule has 1 aliphatic carbocycles. The lowest BCUT2D eigenvalue weighted by Crippen LogP contribution is -2.45. The maximum absolute atomic E-state index is 12.3. The SMILES string of the molecule is NCC(NC(=O)c1ccc(Cl)c(Cl)c1)C1CCCCC1. The van der Waals surface area contributed by atoms with E-state index in [-0.39, 0.29) is 11.9 Å². The van der Waals surface area contributed by atoms with Gasteiger partial charge in [-0.25, -0.2) is 0 Å². The first-order valence-electron chi connectivity index (χ1n) is 7.08. The molecular formula is C15H20Cl2N2O. The molecule has 1 unspecified atom stereocenters. The van der Waals surface area contributed by atoms with Crippen LogP contribution in [0, 0.1) is 5.92 Å². The average Bonchev–Trinajstić information content (AvgIpc) is 2.48. The van der Waals surface area contributed by atoms with Crippen molar-refractivity contribution in [1.29, 1.82) is 0 Å². The van der Waals surface area contributed by atoms with E-state index in [1.165, 1.54) is 19.3 Å². The lowest BCUT2D eigenvalue weighted by atomic mass is 9.84. The van der Waals surface area contributed by atoms with E-state index in [2.05, 4.69) is 5.32 Å². The molecule has 3 N–H and O–H groups in total. The monoisotopic (exact) mass is 314 g/mol. The molecule has 1 fully saturated rings. The topological polar surface area (TPSA) is 55.1 Å². The van der Waals surface area contributed by atoms with Crippen LogP contribution in [0.1, 0.15) is 42.5 Å². The first-order chi connectivity index (χ1) is 9.61. The zero-order valence-electron chi connectivity index (χ0n) is 11.4. The van der Waals surface area contributed by atoms with Gasteiger partial charge >= 0.3 is 0 Å². The summed E-state index contributed by atoms with van der Waals surface area (Å²) in [5.74, 6) is 0.352. The number of amides is 1. The fraction of sp³-hybridized carbons (Fsp3) is 0.533. The molecule has 0 radical (unpaired) electrons. The van der Waals surface area contributed by atoms with E-state index < -0.39 is 0 Å². The van der Waals surface area contributed by atoms with Crippen LogP contribution >= 0.6 is 23.2 Å². The Balaban J connectivity index is 2.02. The van der Waals surface area contributed by atoms with Gasteiger partial charge in [-0.05, 0) is 37.0 Å². The molecule has 0 spiro atoms. The molecule has 1 aliphatic rings. The van der Waals surface area contributed by atoms with Gasteiger partial charge in [0.25, 0.3) is 5.91 Å². The summed E-state index contributed by atoms with van der Waals surface area (Å²) >= 11 is 11.8. The second kappa shape index (κ2) is 7.30. The van der Waals surface area contributed by atoms with Crippen molar-refractivity contribution in [3.8, 4) is 0 Å². The molecule has 5 heteroatoms. The number of nitrogens with two attached hydrogens (primary N) is 1. The third-order valence-corrected chi connectivity index (χ3v) is 4.71. The normalized spacial score (nSPS) is 17.8. The first kappa shape index (κ1) is 15.6. The molecule has 0 aliphatic heterocycles. The van der Waals surface area contributed by atoms with Gasteiger partial charge in [0.15, 0.2) is 0 Å². The van der Waals surface area contributed by atoms with Crippen LogP contribution in [-0.2, 0) is 0 Å². The molecule has 0 heterocycles. The number of halogens is 2. The van der Waals surface area contributed by atoms with Gasteiger partial charge < -0.3 is 11.1 Å². The fourth-order valence-corrected chi connectivity index (χ4v) is 3.09. The van der Waals surface area contributed by atoms with Crippen LogP contribution in [0.15, 0.2) is 18.2 Å². The summed E-state index contributed by atoms with van der Waals surface area (Å²) in [6.45, 7) is 0.470. The molecule has 0 saturated heterocycles. The highest BCUT2D eigenvalue weighted by molar-refractivity contribution is 6.42. The van der Waals surface area contributed by atoms with Gasteiger partial charge in [0.05, 0.1) is 10.0 Å². The van der Waals surface area contributed by atoms with Crippen LogP contribution in [-0.4, -0.2) is 18.5 Å². The molecule has 110 valence electrons. The molecule has 1 amide bonds. The van der Waals surface area contributed by atoms with Gasteiger partial charge in [-0.2, -0.15) is 0 Å². The lowest BCUT2D eigenvalue weighted by Gasteiger charge is -2.30. The quantitative estimate of drug-likeness (QED) is 0.891. The minimum absolute atomic E-state index is 0.0391. The standard InChI is InChI=1S/C15H20Cl2N2O/c16-12-7-6-11(8-13(12)17)15(20)19-14(9-18)10-4-2-1-3-5-10/h6-8,10,14H,1-5,9,18H2,(H,19,20). The Bertz CT molecular complexity index is 473. The molecule has 2 rings (SSSR count). The van der Waals surface area contributed by atoms with Crippen LogP contribution in [0.25, 0.3) is 0 Å². The van der Waals surface area contributed by atoms with Gasteiger partial charge in [-0.15, -0.1) is 0 Å². The van der Waals surface area contributed by atoms with Gasteiger partial charge in [0.2, 0.25) is 0 Å². The van der Waals surface area contributed by atoms with Crippen LogP contribution in [0.3, 0.4) is 0 Å². The molecule has 20 heavy (non-hydrogen) atoms. The first-order valence-corrected chi connectivity index (χ1v) is 7.83. The van der Waals surface area contributed by atoms with Crippen molar-refractivity contribution >= 4 is 29.1 Å². The third-order valence-electron chi connectivity index (χ3n) is 3.97. The van der Waals surface area contributed by atoms with Crippen molar-refractivity contribution in [3.05, 3.63) is 33.8 Å². The highest BCUT2D eigenvalue weighted by Gasteiger charge is 2.24. The predicted octanol–water partition coefficient (Wildman–Crippen LogP) is 3.63. The highest BCUT2D eigenvalue weighted by atomic mass is 35.5. The van der Waals surface area contributed by atoms with E-state index in [1.807, 2.05) is 0 Å². The van der Waals surface area contributed by atoms with Crippen molar-refractivity contribution in [3.63, 3.8) is 0 Å². The molecule has 1 aromatic carbocycles. The van der Waals surface area contributed by atoms with E-state index in [1.54, 1.807) is 18.2 Å². The molecule has 0 aromatic heterocycles. The van der Waals surface area contributed by atoms with Gasteiger partial charge in [-0.1, -0.05) is 42.5 Å². The second-order valence-electron chi connectivity index (χ2n) is 5.34. The van der Waals surface area contributed by atoms with Crippen LogP contribution in [0.4, 0.5) is 0 Å². The zero-order valence-corrected chi connectivity index (χ0v) is 12.9. The number of rotatable bonds is 4. The Hall–Kier alpha value is -0.770. The van der Waals surface area contributed by atoms with E-state index in [9.17, 15) is 4.79 Å². The van der Waals surface area contributed by atoms with Gasteiger partial charge in [0.1, 0.15) is 0 Å². The number of hydrogen-bond donors (Lipinski definition) is 2. The van der Waals surface area contributed by atoms with Crippen LogP contribution in [0.5, 0.6) is 0 Å². The van der Waals surface area contributed by atoms with Crippen LogP contribution < -0.4 is 11.1 Å². The largest absolute Gasteiger partial charge is 0.348 e. The second-order valence-corrected chi connectivity index (χ2v) is 6.16. The summed E-state index contributed by atoms with van der Waals surface area (Å²) in [7, 11) is 0. The lowest BCUT2D eigenvalue weighted by molar-refractivity contribution is 0.0915. The number of nitrogens with one attached hydrogen (secondary N) is 1. The molecule has 0 bridgehead atoms. The number of carbonyl (C=O) groups is 1. The highest BCUT2D eigenvalue weighted by Crippen LogP contribution is 2.27. The average molecular weight is 315 g/mol. The number of benzene rings is 1.